The second kappa shape index (κ2) is 11.4. The molecule has 0 aliphatic rings. The van der Waals surface area contributed by atoms with Crippen LogP contribution in [0.25, 0.3) is 39.6 Å². The van der Waals surface area contributed by atoms with Crippen LogP contribution in [0.15, 0.2) is 94.4 Å². The lowest BCUT2D eigenvalue weighted by molar-refractivity contribution is 0.340. The Balaban J connectivity index is 1.42. The summed E-state index contributed by atoms with van der Waals surface area (Å²) in [6, 6.07) is 28.0. The van der Waals surface area contributed by atoms with E-state index < -0.39 is 0 Å². The van der Waals surface area contributed by atoms with E-state index in [1.54, 1.807) is 11.8 Å². The third-order valence-corrected chi connectivity index (χ3v) is 7.58. The van der Waals surface area contributed by atoms with Gasteiger partial charge in [0.25, 0.3) is 0 Å². The van der Waals surface area contributed by atoms with Gasteiger partial charge < -0.3 is 9.15 Å². The molecular weight excluding hydrogens is 518 g/mol. The number of para-hydroxylation sites is 2. The average Bonchev–Trinajstić information content (AvgIpc) is 3.57. The predicted molar refractivity (Wildman–Crippen MR) is 159 cm³/mol. The lowest BCUT2D eigenvalue weighted by atomic mass is 10.2. The van der Waals surface area contributed by atoms with Crippen molar-refractivity contribution in [2.24, 2.45) is 0 Å². The van der Waals surface area contributed by atoms with Gasteiger partial charge in [0.15, 0.2) is 11.5 Å². The van der Waals surface area contributed by atoms with Crippen molar-refractivity contribution < 1.29 is 9.15 Å². The molecule has 0 N–H and O–H groups in total. The molecule has 0 bridgehead atoms. The van der Waals surface area contributed by atoms with E-state index in [0.717, 1.165) is 62.2 Å². The van der Waals surface area contributed by atoms with Crippen molar-refractivity contribution in [2.45, 2.75) is 38.0 Å². The first-order valence-electron chi connectivity index (χ1n) is 13.4. The monoisotopic (exact) mass is 547 g/mol. The number of fused-ring (bicyclic) bond motifs is 1. The molecule has 0 atom stereocenters. The van der Waals surface area contributed by atoms with E-state index in [2.05, 4.69) is 6.92 Å². The molecule has 200 valence electrons. The van der Waals surface area contributed by atoms with Crippen LogP contribution in [-0.2, 0) is 12.2 Å². The first-order valence-corrected chi connectivity index (χ1v) is 14.4. The highest BCUT2D eigenvalue weighted by molar-refractivity contribution is 7.98. The highest BCUT2D eigenvalue weighted by Crippen LogP contribution is 2.36. The van der Waals surface area contributed by atoms with Crippen LogP contribution in [-0.4, -0.2) is 31.3 Å². The molecule has 3 aromatic heterocycles. The standard InChI is InChI=1S/C32H29N5O2S/c1-4-25-28-30(37(36-25)23-16-10-7-11-17-23)34-29(22-14-8-6-9-15-22)35-32(28)40-20-26-21(3)39-31(33-26)24-18-12-13-19-27(24)38-5-2/h6-19H,4-5,20H2,1-3H3. The number of oxazole rings is 1. The Kier molecular flexibility index (Phi) is 7.33. The molecule has 0 unspecified atom stereocenters. The summed E-state index contributed by atoms with van der Waals surface area (Å²) in [4.78, 5) is 14.9. The van der Waals surface area contributed by atoms with Gasteiger partial charge in [0.05, 0.1) is 34.6 Å². The van der Waals surface area contributed by atoms with Crippen molar-refractivity contribution in [3.8, 4) is 34.3 Å². The lowest BCUT2D eigenvalue weighted by Crippen LogP contribution is -2.00. The van der Waals surface area contributed by atoms with Crippen molar-refractivity contribution in [1.82, 2.24) is 24.7 Å². The molecule has 6 rings (SSSR count). The summed E-state index contributed by atoms with van der Waals surface area (Å²) in [5, 5.41) is 6.82. The molecule has 0 spiro atoms. The zero-order valence-corrected chi connectivity index (χ0v) is 23.5. The van der Waals surface area contributed by atoms with Crippen molar-refractivity contribution >= 4 is 22.8 Å². The van der Waals surface area contributed by atoms with Crippen LogP contribution in [0.4, 0.5) is 0 Å². The molecule has 6 aromatic rings. The molecular formula is C32H29N5O2S. The Hall–Kier alpha value is -4.43. The van der Waals surface area contributed by atoms with Crippen molar-refractivity contribution in [3.05, 3.63) is 102 Å². The largest absolute Gasteiger partial charge is 0.493 e. The summed E-state index contributed by atoms with van der Waals surface area (Å²) in [6.45, 7) is 6.60. The fourth-order valence-corrected chi connectivity index (χ4v) is 5.65. The SMILES string of the molecule is CCOc1ccccc1-c1nc(CSc2nc(-c3ccccc3)nc3c2c(CC)nn3-c2ccccc2)c(C)o1. The number of rotatable bonds is 9. The van der Waals surface area contributed by atoms with E-state index in [1.807, 2.05) is 103 Å². The number of hydrogen-bond acceptors (Lipinski definition) is 7. The second-order valence-corrected chi connectivity index (χ2v) is 10.2. The van der Waals surface area contributed by atoms with E-state index in [9.17, 15) is 0 Å². The molecule has 0 aliphatic heterocycles. The molecule has 8 heteroatoms. The minimum Gasteiger partial charge on any atom is -0.493 e. The first kappa shape index (κ1) is 25.8. The number of aromatic nitrogens is 5. The zero-order chi connectivity index (χ0) is 27.5. The average molecular weight is 548 g/mol. The Morgan fingerprint density at radius 2 is 1.55 bits per heavy atom. The third kappa shape index (κ3) is 4.98. The van der Waals surface area contributed by atoms with Crippen LogP contribution in [0.1, 0.15) is 31.0 Å². The summed E-state index contributed by atoms with van der Waals surface area (Å²) < 4.78 is 13.8. The summed E-state index contributed by atoms with van der Waals surface area (Å²) in [5.41, 5.74) is 5.39. The number of ether oxygens (including phenoxy) is 1. The maximum absolute atomic E-state index is 6.11. The Labute approximate surface area is 237 Å². The fourth-order valence-electron chi connectivity index (χ4n) is 4.61. The molecule has 0 radical (unpaired) electrons. The number of benzene rings is 3. The number of aryl methyl sites for hydroxylation is 2. The summed E-state index contributed by atoms with van der Waals surface area (Å²) in [7, 11) is 0. The van der Waals surface area contributed by atoms with Gasteiger partial charge in [0.2, 0.25) is 5.89 Å². The summed E-state index contributed by atoms with van der Waals surface area (Å²) >= 11 is 1.63. The van der Waals surface area contributed by atoms with E-state index in [4.69, 9.17) is 29.2 Å². The quantitative estimate of drug-likeness (QED) is 0.136. The van der Waals surface area contributed by atoms with E-state index in [1.165, 1.54) is 0 Å². The topological polar surface area (TPSA) is 78.9 Å². The second-order valence-electron chi connectivity index (χ2n) is 9.20. The van der Waals surface area contributed by atoms with E-state index >= 15 is 0 Å². The third-order valence-electron chi connectivity index (χ3n) is 6.59. The van der Waals surface area contributed by atoms with Crippen molar-refractivity contribution in [3.63, 3.8) is 0 Å². The van der Waals surface area contributed by atoms with E-state index in [-0.39, 0.29) is 0 Å². The lowest BCUT2D eigenvalue weighted by Gasteiger charge is -2.08. The van der Waals surface area contributed by atoms with Crippen molar-refractivity contribution in [1.29, 1.82) is 0 Å². The molecule has 40 heavy (non-hydrogen) atoms. The smallest absolute Gasteiger partial charge is 0.230 e. The van der Waals surface area contributed by atoms with Gasteiger partial charge in [0.1, 0.15) is 16.5 Å². The van der Waals surface area contributed by atoms with E-state index in [0.29, 0.717) is 24.1 Å². The van der Waals surface area contributed by atoms with Gasteiger partial charge in [-0.05, 0) is 44.5 Å². The zero-order valence-electron chi connectivity index (χ0n) is 22.7. The van der Waals surface area contributed by atoms with Gasteiger partial charge >= 0.3 is 0 Å². The molecule has 7 nitrogen and oxygen atoms in total. The van der Waals surface area contributed by atoms with Crippen LogP contribution in [0, 0.1) is 6.92 Å². The molecule has 0 aliphatic carbocycles. The van der Waals surface area contributed by atoms with Crippen LogP contribution < -0.4 is 4.74 Å². The highest BCUT2D eigenvalue weighted by Gasteiger charge is 2.21. The fraction of sp³-hybridized carbons (Fsp3) is 0.188. The van der Waals surface area contributed by atoms with Gasteiger partial charge in [-0.15, -0.1) is 0 Å². The summed E-state index contributed by atoms with van der Waals surface area (Å²) in [5.74, 6) is 3.35. The van der Waals surface area contributed by atoms with Gasteiger partial charge in [-0.25, -0.2) is 19.6 Å². The molecule has 3 aromatic carbocycles. The Morgan fingerprint density at radius 3 is 2.30 bits per heavy atom. The minimum absolute atomic E-state index is 0.557. The molecule has 0 fully saturated rings. The van der Waals surface area contributed by atoms with Crippen LogP contribution >= 0.6 is 11.8 Å². The molecule has 3 heterocycles. The Bertz CT molecular complexity index is 1760. The van der Waals surface area contributed by atoms with Gasteiger partial charge in [-0.2, -0.15) is 5.10 Å². The predicted octanol–water partition coefficient (Wildman–Crippen LogP) is 7.70. The normalized spacial score (nSPS) is 11.3. The van der Waals surface area contributed by atoms with Crippen molar-refractivity contribution in [2.75, 3.05) is 6.61 Å². The van der Waals surface area contributed by atoms with Crippen LogP contribution in [0.2, 0.25) is 0 Å². The maximum Gasteiger partial charge on any atom is 0.230 e. The highest BCUT2D eigenvalue weighted by atomic mass is 32.2. The van der Waals surface area contributed by atoms with Gasteiger partial charge in [-0.1, -0.05) is 79.3 Å². The number of hydrogen-bond donors (Lipinski definition) is 0. The minimum atomic E-state index is 0.557. The van der Waals surface area contributed by atoms with Crippen LogP contribution in [0.3, 0.4) is 0 Å². The van der Waals surface area contributed by atoms with Crippen LogP contribution in [0.5, 0.6) is 5.75 Å². The van der Waals surface area contributed by atoms with Gasteiger partial charge in [0, 0.05) is 11.3 Å². The Morgan fingerprint density at radius 1 is 0.825 bits per heavy atom. The number of thioether (sulfide) groups is 1. The molecule has 0 saturated heterocycles. The van der Waals surface area contributed by atoms with Gasteiger partial charge in [-0.3, -0.25) is 0 Å². The first-order chi connectivity index (χ1) is 19.7. The molecule has 0 amide bonds. The maximum atomic E-state index is 6.11. The summed E-state index contributed by atoms with van der Waals surface area (Å²) in [6.07, 6.45) is 0.763. The number of nitrogens with zero attached hydrogens (tertiary/aromatic N) is 5. The molecule has 0 saturated carbocycles.